The number of carbonyl (C=O) groups is 2. The lowest BCUT2D eigenvalue weighted by Crippen LogP contribution is -2.28. The van der Waals surface area contributed by atoms with Gasteiger partial charge in [0.05, 0.1) is 12.5 Å². The fraction of sp³-hybridized carbons (Fsp3) is 0.625. The molecule has 0 aromatic rings. The van der Waals surface area contributed by atoms with Gasteiger partial charge in [-0.05, 0) is 13.8 Å². The van der Waals surface area contributed by atoms with E-state index in [1.54, 1.807) is 0 Å². The maximum atomic E-state index is 11.0. The van der Waals surface area contributed by atoms with Crippen LogP contribution in [0.1, 0.15) is 13.8 Å². The molecule has 1 N–H and O–H groups in total. The Morgan fingerprint density at radius 3 is 3.00 bits per heavy atom. The molecule has 0 aromatic carbocycles. The van der Waals surface area contributed by atoms with Crippen LogP contribution in [-0.2, 0) is 14.4 Å². The lowest BCUT2D eigenvalue weighted by molar-refractivity contribution is -0.116. The summed E-state index contributed by atoms with van der Waals surface area (Å²) in [6.45, 7) is 3.13. The summed E-state index contributed by atoms with van der Waals surface area (Å²) in [6, 6.07) is 0. The number of oxime groups is 1. The Hall–Kier alpha value is -1.08. The highest BCUT2D eigenvalue weighted by atomic mass is 32.2. The molecule has 0 bridgehead atoms. The Morgan fingerprint density at radius 2 is 2.47 bits per heavy atom. The number of rotatable bonds is 3. The van der Waals surface area contributed by atoms with Crippen molar-refractivity contribution in [3.63, 3.8) is 0 Å². The molecule has 0 radical (unpaired) electrons. The van der Waals surface area contributed by atoms with E-state index in [4.69, 9.17) is 4.74 Å². The first-order valence-corrected chi connectivity index (χ1v) is 5.34. The van der Waals surface area contributed by atoms with Crippen molar-refractivity contribution >= 4 is 28.7 Å². The number of hydrogen-bond donors (Lipinski definition) is 1. The molecule has 84 valence electrons. The number of hydrogen-bond acceptors (Lipinski definition) is 6. The largest absolute Gasteiger partial charge is 0.433 e. The van der Waals surface area contributed by atoms with Crippen LogP contribution in [0.5, 0.6) is 0 Å². The molecule has 1 rings (SSSR count). The van der Waals surface area contributed by atoms with E-state index in [0.29, 0.717) is 11.0 Å². The normalized spacial score (nSPS) is 22.8. The number of nitrogens with one attached hydrogen (secondary N) is 1. The Kier molecular flexibility index (Phi) is 4.57. The number of ketones is 1. The van der Waals surface area contributed by atoms with Gasteiger partial charge in [0.1, 0.15) is 16.9 Å². The van der Waals surface area contributed by atoms with Crippen molar-refractivity contribution < 1.29 is 19.2 Å². The number of ether oxygens (including phenoxy) is 1. The number of thioether (sulfide) groups is 1. The molecule has 1 atom stereocenters. The van der Waals surface area contributed by atoms with E-state index >= 15 is 0 Å². The smallest absolute Gasteiger partial charge is 0.361 e. The minimum absolute atomic E-state index is 0.0527. The fourth-order valence-corrected chi connectivity index (χ4v) is 1.59. The fourth-order valence-electron chi connectivity index (χ4n) is 0.801. The van der Waals surface area contributed by atoms with Crippen LogP contribution in [0.3, 0.4) is 0 Å². The van der Waals surface area contributed by atoms with Crippen LogP contribution >= 0.6 is 11.8 Å². The van der Waals surface area contributed by atoms with Crippen molar-refractivity contribution in [2.75, 3.05) is 12.5 Å². The average molecular weight is 232 g/mol. The van der Waals surface area contributed by atoms with Crippen LogP contribution in [0.15, 0.2) is 5.16 Å². The highest BCUT2D eigenvalue weighted by Crippen LogP contribution is 2.19. The van der Waals surface area contributed by atoms with Crippen LogP contribution in [0.25, 0.3) is 0 Å². The molecular weight excluding hydrogens is 220 g/mol. The molecular formula is C8H12N2O4S. The minimum Gasteiger partial charge on any atom is -0.361 e. The van der Waals surface area contributed by atoms with Gasteiger partial charge in [0.15, 0.2) is 0 Å². The van der Waals surface area contributed by atoms with Gasteiger partial charge in [0.25, 0.3) is 0 Å². The Bertz CT molecular complexity index is 292. The van der Waals surface area contributed by atoms with E-state index in [9.17, 15) is 9.59 Å². The lowest BCUT2D eigenvalue weighted by atomic mass is 10.4. The molecule has 1 aliphatic heterocycles. The van der Waals surface area contributed by atoms with Crippen LogP contribution < -0.4 is 5.32 Å². The highest BCUT2D eigenvalue weighted by molar-refractivity contribution is 8.14. The first kappa shape index (κ1) is 12.0. The third kappa shape index (κ3) is 4.30. The summed E-state index contributed by atoms with van der Waals surface area (Å²) in [5, 5.41) is 6.48. The second-order valence-electron chi connectivity index (χ2n) is 2.93. The zero-order chi connectivity index (χ0) is 11.3. The number of Topliss-reactive ketones (excluding diaryl/α,β-unsaturated/α-hetero) is 1. The Morgan fingerprint density at radius 1 is 1.73 bits per heavy atom. The van der Waals surface area contributed by atoms with E-state index in [2.05, 4.69) is 15.3 Å². The minimum atomic E-state index is -0.739. The van der Waals surface area contributed by atoms with Crippen molar-refractivity contribution in [3.8, 4) is 0 Å². The number of nitrogens with zero attached hydrogens (tertiary/aromatic N) is 1. The summed E-state index contributed by atoms with van der Waals surface area (Å²) < 4.78 is 5.16. The van der Waals surface area contributed by atoms with E-state index in [-0.39, 0.29) is 18.4 Å². The molecule has 1 saturated heterocycles. The standard InChI is InChI=1S/C8H12N2O4S/c1-5(11)3-9-8(12)14-10-7-6(2)13-4-15-7/h6H,3-4H2,1-2H3,(H,9,12)/b10-7+. The van der Waals surface area contributed by atoms with Crippen molar-refractivity contribution in [2.45, 2.75) is 20.0 Å². The van der Waals surface area contributed by atoms with Gasteiger partial charge in [-0.1, -0.05) is 16.9 Å². The molecule has 1 heterocycles. The first-order chi connectivity index (χ1) is 7.09. The Balaban J connectivity index is 2.29. The maximum Gasteiger partial charge on any atom is 0.433 e. The highest BCUT2D eigenvalue weighted by Gasteiger charge is 2.20. The van der Waals surface area contributed by atoms with E-state index in [0.717, 1.165) is 0 Å². The van der Waals surface area contributed by atoms with E-state index in [1.165, 1.54) is 18.7 Å². The third-order valence-corrected chi connectivity index (χ3v) is 2.53. The monoisotopic (exact) mass is 232 g/mol. The molecule has 1 fully saturated rings. The van der Waals surface area contributed by atoms with Gasteiger partial charge >= 0.3 is 6.09 Å². The summed E-state index contributed by atoms with van der Waals surface area (Å²) in [5.74, 6) is 0.366. The molecule has 0 saturated carbocycles. The molecule has 0 aromatic heterocycles. The van der Waals surface area contributed by atoms with Gasteiger partial charge < -0.3 is 10.1 Å². The van der Waals surface area contributed by atoms with Crippen LogP contribution in [0.4, 0.5) is 4.79 Å². The molecule has 7 heteroatoms. The molecule has 0 aliphatic carbocycles. The molecule has 1 unspecified atom stereocenters. The van der Waals surface area contributed by atoms with Crippen molar-refractivity contribution in [2.24, 2.45) is 5.16 Å². The maximum absolute atomic E-state index is 11.0. The first-order valence-electron chi connectivity index (χ1n) is 4.36. The molecule has 1 amide bonds. The lowest BCUT2D eigenvalue weighted by Gasteiger charge is -2.02. The summed E-state index contributed by atoms with van der Waals surface area (Å²) in [4.78, 5) is 26.0. The third-order valence-electron chi connectivity index (χ3n) is 1.57. The second kappa shape index (κ2) is 5.72. The van der Waals surface area contributed by atoms with E-state index < -0.39 is 6.09 Å². The van der Waals surface area contributed by atoms with Crippen molar-refractivity contribution in [3.05, 3.63) is 0 Å². The summed E-state index contributed by atoms with van der Waals surface area (Å²) in [7, 11) is 0. The Labute approximate surface area is 91.4 Å². The zero-order valence-corrected chi connectivity index (χ0v) is 9.30. The average Bonchev–Trinajstić information content (AvgIpc) is 2.58. The number of amides is 1. The van der Waals surface area contributed by atoms with Gasteiger partial charge in [0, 0.05) is 0 Å². The van der Waals surface area contributed by atoms with Gasteiger partial charge in [-0.3, -0.25) is 9.63 Å². The quantitative estimate of drug-likeness (QED) is 0.573. The predicted molar refractivity (Wildman–Crippen MR) is 55.6 cm³/mol. The predicted octanol–water partition coefficient (Wildman–Crippen LogP) is 0.725. The molecule has 1 aliphatic rings. The van der Waals surface area contributed by atoms with Crippen LogP contribution in [0.2, 0.25) is 0 Å². The van der Waals surface area contributed by atoms with Crippen LogP contribution in [-0.4, -0.2) is 35.5 Å². The van der Waals surface area contributed by atoms with Gasteiger partial charge in [-0.2, -0.15) is 0 Å². The molecule has 0 spiro atoms. The van der Waals surface area contributed by atoms with E-state index in [1.807, 2.05) is 6.92 Å². The van der Waals surface area contributed by atoms with Gasteiger partial charge in [-0.25, -0.2) is 4.79 Å². The second-order valence-corrected chi connectivity index (χ2v) is 3.88. The summed E-state index contributed by atoms with van der Waals surface area (Å²) >= 11 is 1.37. The van der Waals surface area contributed by atoms with Crippen molar-refractivity contribution in [1.29, 1.82) is 0 Å². The molecule has 15 heavy (non-hydrogen) atoms. The van der Waals surface area contributed by atoms with Gasteiger partial charge in [0.2, 0.25) is 0 Å². The topological polar surface area (TPSA) is 77.0 Å². The van der Waals surface area contributed by atoms with Crippen LogP contribution in [0, 0.1) is 0 Å². The summed E-state index contributed by atoms with van der Waals surface area (Å²) in [6.07, 6.45) is -0.881. The molecule has 6 nitrogen and oxygen atoms in total. The number of carbonyl (C=O) groups excluding carboxylic acids is 2. The SMILES string of the molecule is CC(=O)CNC(=O)O/N=C1/SCOC1C. The summed E-state index contributed by atoms with van der Waals surface area (Å²) in [5.41, 5.74) is 0. The zero-order valence-electron chi connectivity index (χ0n) is 8.48. The van der Waals surface area contributed by atoms with Crippen molar-refractivity contribution in [1.82, 2.24) is 5.32 Å². The van der Waals surface area contributed by atoms with Gasteiger partial charge in [-0.15, -0.1) is 0 Å².